The van der Waals surface area contributed by atoms with E-state index in [4.69, 9.17) is 4.42 Å². The zero-order valence-electron chi connectivity index (χ0n) is 17.0. The number of furan rings is 1. The van der Waals surface area contributed by atoms with Crippen molar-refractivity contribution in [3.8, 4) is 0 Å². The Morgan fingerprint density at radius 3 is 2.63 bits per heavy atom. The molecule has 0 aliphatic carbocycles. The number of carbonyl (C=O) groups is 1. The molecule has 1 N–H and O–H groups in total. The third kappa shape index (κ3) is 3.63. The third-order valence-electron chi connectivity index (χ3n) is 5.82. The maximum Gasteiger partial charge on any atom is 0.332 e. The molecule has 1 unspecified atom stereocenters. The van der Waals surface area contributed by atoms with E-state index in [9.17, 15) is 19.5 Å². The number of piperidine rings is 1. The molecule has 1 aliphatic rings. The van der Waals surface area contributed by atoms with Crippen molar-refractivity contribution >= 4 is 16.9 Å². The normalized spacial score (nSPS) is 16.9. The Bertz CT molecular complexity index is 1160. The quantitative estimate of drug-likeness (QED) is 0.563. The fraction of sp³-hybridized carbons (Fsp3) is 0.500. The second-order valence-corrected chi connectivity index (χ2v) is 7.85. The van der Waals surface area contributed by atoms with E-state index in [1.807, 2.05) is 0 Å². The standard InChI is InChI=1S/C20H25N5O5/c1-22-18-16(19(28)23(2)20(22)29)25(12-21-18)11-14(26)10-24-7-5-13(6-8-24)17(27)15-4-3-9-30-15/h3-4,9,12-14,26H,5-8,10-11H2,1-2H3. The summed E-state index contributed by atoms with van der Waals surface area (Å²) in [6, 6.07) is 3.40. The Balaban J connectivity index is 1.39. The highest BCUT2D eigenvalue weighted by Gasteiger charge is 2.28. The van der Waals surface area contributed by atoms with Crippen LogP contribution in [0.4, 0.5) is 0 Å². The van der Waals surface area contributed by atoms with E-state index in [0.717, 1.165) is 4.57 Å². The number of aliphatic hydroxyl groups excluding tert-OH is 1. The molecule has 3 aromatic rings. The topological polar surface area (TPSA) is 116 Å². The van der Waals surface area contributed by atoms with Gasteiger partial charge in [0.15, 0.2) is 16.9 Å². The molecule has 1 saturated heterocycles. The lowest BCUT2D eigenvalue weighted by atomic mass is 9.91. The van der Waals surface area contributed by atoms with Gasteiger partial charge in [-0.25, -0.2) is 9.78 Å². The molecule has 4 heterocycles. The van der Waals surface area contributed by atoms with Gasteiger partial charge in [0.25, 0.3) is 5.56 Å². The van der Waals surface area contributed by atoms with Crippen LogP contribution in [0.15, 0.2) is 38.7 Å². The first-order valence-corrected chi connectivity index (χ1v) is 9.95. The fourth-order valence-electron chi connectivity index (χ4n) is 4.12. The molecule has 1 fully saturated rings. The van der Waals surface area contributed by atoms with E-state index in [-0.39, 0.29) is 18.2 Å². The summed E-state index contributed by atoms with van der Waals surface area (Å²) in [5.74, 6) is 0.370. The van der Waals surface area contributed by atoms with Crippen molar-refractivity contribution in [1.82, 2.24) is 23.6 Å². The Kier molecular flexibility index (Phi) is 5.44. The first-order chi connectivity index (χ1) is 14.4. The number of ketones is 1. The molecule has 160 valence electrons. The summed E-state index contributed by atoms with van der Waals surface area (Å²) < 4.78 is 9.15. The summed E-state index contributed by atoms with van der Waals surface area (Å²) in [4.78, 5) is 43.2. The highest BCUT2D eigenvalue weighted by Crippen LogP contribution is 2.22. The van der Waals surface area contributed by atoms with E-state index in [0.29, 0.717) is 49.4 Å². The number of rotatable bonds is 6. The van der Waals surface area contributed by atoms with Crippen molar-refractivity contribution in [3.63, 3.8) is 0 Å². The maximum absolute atomic E-state index is 12.5. The van der Waals surface area contributed by atoms with Gasteiger partial charge in [0.1, 0.15) is 0 Å². The van der Waals surface area contributed by atoms with Crippen LogP contribution in [0.1, 0.15) is 23.4 Å². The number of carbonyl (C=O) groups excluding carboxylic acids is 1. The Hall–Kier alpha value is -2.98. The summed E-state index contributed by atoms with van der Waals surface area (Å²) >= 11 is 0. The molecule has 0 spiro atoms. The molecule has 1 aliphatic heterocycles. The highest BCUT2D eigenvalue weighted by molar-refractivity contribution is 5.95. The minimum atomic E-state index is -0.721. The van der Waals surface area contributed by atoms with Crippen LogP contribution in [0.5, 0.6) is 0 Å². The number of aryl methyl sites for hydroxylation is 1. The largest absolute Gasteiger partial charge is 0.461 e. The predicted molar refractivity (Wildman–Crippen MR) is 108 cm³/mol. The van der Waals surface area contributed by atoms with E-state index in [1.165, 1.54) is 24.2 Å². The number of Topliss-reactive ketones (excluding diaryl/α,β-unsaturated/α-hetero) is 1. The minimum Gasteiger partial charge on any atom is -0.461 e. The van der Waals surface area contributed by atoms with Crippen LogP contribution in [0, 0.1) is 5.92 Å². The van der Waals surface area contributed by atoms with Gasteiger partial charge in [0.05, 0.1) is 25.2 Å². The number of fused-ring (bicyclic) bond motifs is 1. The third-order valence-corrected chi connectivity index (χ3v) is 5.82. The molecule has 4 rings (SSSR count). The van der Waals surface area contributed by atoms with Crippen LogP contribution in [0.3, 0.4) is 0 Å². The van der Waals surface area contributed by atoms with Crippen LogP contribution < -0.4 is 11.2 Å². The average Bonchev–Trinajstić information content (AvgIpc) is 3.41. The summed E-state index contributed by atoms with van der Waals surface area (Å²) in [6.45, 7) is 2.02. The van der Waals surface area contributed by atoms with Gasteiger partial charge in [-0.3, -0.25) is 18.7 Å². The summed E-state index contributed by atoms with van der Waals surface area (Å²) in [7, 11) is 2.98. The molecule has 0 bridgehead atoms. The minimum absolute atomic E-state index is 0.0338. The number of likely N-dealkylation sites (tertiary alicyclic amines) is 1. The van der Waals surface area contributed by atoms with Gasteiger partial charge in [-0.05, 0) is 38.1 Å². The SMILES string of the molecule is Cn1c(=O)c2c(ncn2CC(O)CN2CCC(C(=O)c3ccco3)CC2)n(C)c1=O. The van der Waals surface area contributed by atoms with Gasteiger partial charge in [-0.1, -0.05) is 0 Å². The molecule has 0 radical (unpaired) electrons. The van der Waals surface area contributed by atoms with Gasteiger partial charge in [-0.2, -0.15) is 0 Å². The molecule has 30 heavy (non-hydrogen) atoms. The summed E-state index contributed by atoms with van der Waals surface area (Å²) in [6.07, 6.45) is 3.68. The lowest BCUT2D eigenvalue weighted by Crippen LogP contribution is -2.42. The van der Waals surface area contributed by atoms with Crippen LogP contribution >= 0.6 is 0 Å². The molecule has 0 saturated carbocycles. The second-order valence-electron chi connectivity index (χ2n) is 7.85. The Morgan fingerprint density at radius 2 is 1.97 bits per heavy atom. The van der Waals surface area contributed by atoms with Gasteiger partial charge >= 0.3 is 5.69 Å². The molecular weight excluding hydrogens is 390 g/mol. The zero-order chi connectivity index (χ0) is 21.4. The van der Waals surface area contributed by atoms with Gasteiger partial charge in [0, 0.05) is 26.6 Å². The van der Waals surface area contributed by atoms with Crippen molar-refractivity contribution < 1.29 is 14.3 Å². The van der Waals surface area contributed by atoms with Crippen molar-refractivity contribution in [3.05, 3.63) is 51.3 Å². The van der Waals surface area contributed by atoms with E-state index in [1.54, 1.807) is 23.7 Å². The first kappa shape index (κ1) is 20.3. The van der Waals surface area contributed by atoms with Crippen molar-refractivity contribution in [1.29, 1.82) is 0 Å². The molecule has 0 aromatic carbocycles. The summed E-state index contributed by atoms with van der Waals surface area (Å²) in [5, 5.41) is 10.6. The first-order valence-electron chi connectivity index (χ1n) is 9.95. The average molecular weight is 415 g/mol. The van der Waals surface area contributed by atoms with Crippen molar-refractivity contribution in [2.24, 2.45) is 20.0 Å². The molecule has 3 aromatic heterocycles. The number of imidazole rings is 1. The lowest BCUT2D eigenvalue weighted by molar-refractivity contribution is 0.0668. The number of aliphatic hydroxyl groups is 1. The molecule has 10 heteroatoms. The second kappa shape index (κ2) is 8.04. The van der Waals surface area contributed by atoms with Gasteiger partial charge < -0.3 is 19.0 Å². The van der Waals surface area contributed by atoms with E-state index < -0.39 is 17.4 Å². The van der Waals surface area contributed by atoms with Crippen LogP contribution in [-0.2, 0) is 20.6 Å². The van der Waals surface area contributed by atoms with Gasteiger partial charge in [-0.15, -0.1) is 0 Å². The highest BCUT2D eigenvalue weighted by atomic mass is 16.3. The predicted octanol–water partition coefficient (Wildman–Crippen LogP) is -0.0175. The van der Waals surface area contributed by atoms with E-state index >= 15 is 0 Å². The molecule has 0 amide bonds. The fourth-order valence-corrected chi connectivity index (χ4v) is 4.12. The Labute approximate surface area is 172 Å². The number of hydrogen-bond acceptors (Lipinski definition) is 7. The molecule has 10 nitrogen and oxygen atoms in total. The maximum atomic E-state index is 12.5. The van der Waals surface area contributed by atoms with Crippen LogP contribution in [0.25, 0.3) is 11.2 Å². The monoisotopic (exact) mass is 415 g/mol. The number of hydrogen-bond donors (Lipinski definition) is 1. The summed E-state index contributed by atoms with van der Waals surface area (Å²) in [5.41, 5.74) is -0.283. The number of aromatic nitrogens is 4. The number of nitrogens with zero attached hydrogens (tertiary/aromatic N) is 5. The van der Waals surface area contributed by atoms with Crippen molar-refractivity contribution in [2.75, 3.05) is 19.6 Å². The van der Waals surface area contributed by atoms with E-state index in [2.05, 4.69) is 9.88 Å². The van der Waals surface area contributed by atoms with Crippen molar-refractivity contribution in [2.45, 2.75) is 25.5 Å². The Morgan fingerprint density at radius 1 is 1.23 bits per heavy atom. The van der Waals surface area contributed by atoms with Crippen LogP contribution in [0.2, 0.25) is 0 Å². The lowest BCUT2D eigenvalue weighted by Gasteiger charge is -2.32. The molecule has 1 atom stereocenters. The zero-order valence-corrected chi connectivity index (χ0v) is 17.0. The number of β-amino-alcohol motifs (C(OH)–C–C–N with tert-alkyl or cyclic N) is 1. The molecular formula is C20H25N5O5. The van der Waals surface area contributed by atoms with Gasteiger partial charge in [0.2, 0.25) is 5.78 Å². The van der Waals surface area contributed by atoms with Crippen LogP contribution in [-0.4, -0.2) is 60.2 Å². The smallest absolute Gasteiger partial charge is 0.332 e.